The van der Waals surface area contributed by atoms with E-state index in [0.717, 1.165) is 16.3 Å². The molecule has 7 rings (SSSR count). The second kappa shape index (κ2) is 16.5. The molecule has 7 heteroatoms. The molecule has 52 heavy (non-hydrogen) atoms. The number of nitrogens with one attached hydrogen (secondary N) is 1. The molecular weight excluding hydrogens is 830 g/mol. The van der Waals surface area contributed by atoms with Gasteiger partial charge in [-0.1, -0.05) is 137 Å². The number of aromatic amines is 1. The van der Waals surface area contributed by atoms with Gasteiger partial charge in [0.25, 0.3) is 17.3 Å². The molecule has 0 amide bonds. The van der Waals surface area contributed by atoms with Gasteiger partial charge in [0.2, 0.25) is 5.69 Å². The van der Waals surface area contributed by atoms with Crippen molar-refractivity contribution in [3.63, 3.8) is 0 Å². The van der Waals surface area contributed by atoms with Crippen LogP contribution in [-0.2, 0) is 32.4 Å². The maximum Gasteiger partial charge on any atom is 2.00 e. The van der Waals surface area contributed by atoms with Crippen LogP contribution < -0.4 is 9.15 Å². The molecule has 1 aromatic heterocycles. The molecule has 0 fully saturated rings. The predicted octanol–water partition coefficient (Wildman–Crippen LogP) is 12.3. The van der Waals surface area contributed by atoms with Crippen molar-refractivity contribution in [3.8, 4) is 0 Å². The summed E-state index contributed by atoms with van der Waals surface area (Å²) in [5.74, 6) is -2.88. The van der Waals surface area contributed by atoms with Gasteiger partial charge in [0, 0.05) is 42.1 Å². The van der Waals surface area contributed by atoms with Gasteiger partial charge in [-0.25, -0.2) is 8.78 Å². The number of fused-ring (bicyclic) bond motifs is 4. The Morgan fingerprint density at radius 2 is 1.56 bits per heavy atom. The number of hydrogen-bond donors (Lipinski definition) is 1. The topological polar surface area (TPSA) is 34.2 Å². The molecule has 1 N–H and O–H groups in total. The van der Waals surface area contributed by atoms with Gasteiger partial charge in [0.15, 0.2) is 0 Å². The van der Waals surface area contributed by atoms with Crippen molar-refractivity contribution in [2.24, 2.45) is 10.9 Å². The summed E-state index contributed by atoms with van der Waals surface area (Å²) in [6.07, 6.45) is 7.25. The Balaban J connectivity index is 0.000000587. The average molecular weight is 879 g/mol. The van der Waals surface area contributed by atoms with E-state index in [1.807, 2.05) is 51.1 Å². The molecular formula is C45H44F2N4Pt+2. The predicted molar refractivity (Wildman–Crippen MR) is 212 cm³/mol. The molecule has 0 radical (unpaired) electrons. The minimum Gasteiger partial charge on any atom is -0.378 e. The van der Waals surface area contributed by atoms with Crippen LogP contribution in [0.5, 0.6) is 0 Å². The fraction of sp³-hybridized carbons (Fsp3) is 0.200. The van der Waals surface area contributed by atoms with Crippen LogP contribution in [-0.4, -0.2) is 17.2 Å². The summed E-state index contributed by atoms with van der Waals surface area (Å²) in [5, 5.41) is 1.73. The van der Waals surface area contributed by atoms with E-state index >= 15 is 8.78 Å². The molecule has 0 atom stereocenters. The number of alkyl halides is 2. The van der Waals surface area contributed by atoms with E-state index in [1.54, 1.807) is 42.6 Å². The molecule has 266 valence electrons. The first-order chi connectivity index (χ1) is 26.0. The van der Waals surface area contributed by atoms with Crippen LogP contribution in [0.2, 0.25) is 0 Å². The zero-order chi connectivity index (χ0) is 39.8. The number of para-hydroxylation sites is 4. The molecule has 1 aliphatic heterocycles. The van der Waals surface area contributed by atoms with Crippen LogP contribution in [0, 0.1) is 18.1 Å². The summed E-state index contributed by atoms with van der Waals surface area (Å²) < 4.78 is 77.5. The first-order valence-corrected chi connectivity index (χ1v) is 16.3. The minimum atomic E-state index is -3.48. The fourth-order valence-corrected chi connectivity index (χ4v) is 5.53. The number of nitrogens with zero attached hydrogens (tertiary/aromatic N) is 3. The maximum absolute atomic E-state index is 16.5. The number of hydrogen-bond acceptors (Lipinski definition) is 1. The van der Waals surface area contributed by atoms with Crippen molar-refractivity contribution in [1.29, 1.82) is 0 Å². The van der Waals surface area contributed by atoms with Gasteiger partial charge in [0.1, 0.15) is 5.69 Å². The smallest absolute Gasteiger partial charge is 0.378 e. The zero-order valence-electron chi connectivity index (χ0n) is 33.9. The standard InChI is InChI=1S/C36H27F2N3.C8H13N.CH4.Pt/c1-35(2,3)25-19-26(36(37,38)24-17-18-30-29-13-7-8-14-31(29)39-32(30)22-24)21-28(20-25)41-23-40(27-11-5-4-6-12-27)33-15-9-10-16-34(33)41;1-4-9-7-5-6-8(2)3;;/h4-20,39H,1-3H3;4-8H,1H2,2-3H3;1H4;/q;;;+2/b;6-5+,9-7?;;/i4D,5D,6D,11D,12D;;;. The maximum atomic E-state index is 16.5. The van der Waals surface area contributed by atoms with Crippen molar-refractivity contribution < 1.29 is 36.7 Å². The van der Waals surface area contributed by atoms with Gasteiger partial charge in [-0.2, -0.15) is 18.2 Å². The number of allylic oxidation sites excluding steroid dienone is 2. The molecule has 6 aromatic rings. The molecule has 0 aliphatic carbocycles. The summed E-state index contributed by atoms with van der Waals surface area (Å²) in [5.41, 5.74) is 1.91. The van der Waals surface area contributed by atoms with E-state index in [-0.39, 0.29) is 51.0 Å². The van der Waals surface area contributed by atoms with Crippen molar-refractivity contribution in [2.45, 2.75) is 53.4 Å². The number of H-pyrrole nitrogens is 1. The van der Waals surface area contributed by atoms with Crippen LogP contribution in [0.3, 0.4) is 0 Å². The summed E-state index contributed by atoms with van der Waals surface area (Å²) >= 11 is 0. The van der Waals surface area contributed by atoms with Crippen molar-refractivity contribution in [3.05, 3.63) is 157 Å². The molecule has 0 unspecified atom stereocenters. The minimum absolute atomic E-state index is 0. The van der Waals surface area contributed by atoms with Gasteiger partial charge in [-0.15, -0.1) is 17.0 Å². The molecule has 1 aliphatic rings. The third-order valence-corrected chi connectivity index (χ3v) is 8.11. The van der Waals surface area contributed by atoms with Crippen molar-refractivity contribution in [2.75, 3.05) is 0 Å². The molecule has 0 saturated carbocycles. The number of aliphatic imine (C=N–C) groups is 1. The number of halogens is 2. The molecule has 0 bridgehead atoms. The molecule has 2 heterocycles. The van der Waals surface area contributed by atoms with Gasteiger partial charge in [-0.3, -0.25) is 4.99 Å². The van der Waals surface area contributed by atoms with E-state index in [4.69, 9.17) is 6.85 Å². The first-order valence-electron chi connectivity index (χ1n) is 18.8. The summed E-state index contributed by atoms with van der Waals surface area (Å²) in [6, 6.07) is 27.6. The van der Waals surface area contributed by atoms with Crippen molar-refractivity contribution >= 4 is 56.8 Å². The summed E-state index contributed by atoms with van der Waals surface area (Å²) in [7, 11) is 0. The third-order valence-electron chi connectivity index (χ3n) is 8.11. The zero-order valence-corrected chi connectivity index (χ0v) is 31.2. The second-order valence-corrected chi connectivity index (χ2v) is 13.2. The van der Waals surface area contributed by atoms with Crippen LogP contribution >= 0.6 is 0 Å². The van der Waals surface area contributed by atoms with Gasteiger partial charge < -0.3 is 4.98 Å². The molecule has 0 spiro atoms. The Labute approximate surface area is 327 Å². The summed E-state index contributed by atoms with van der Waals surface area (Å²) in [4.78, 5) is 6.99. The number of rotatable bonds is 7. The number of aromatic nitrogens is 1. The molecule has 0 saturated heterocycles. The fourth-order valence-electron chi connectivity index (χ4n) is 5.53. The van der Waals surface area contributed by atoms with E-state index < -0.39 is 41.5 Å². The average Bonchev–Trinajstić information content (AvgIpc) is 3.73. The van der Waals surface area contributed by atoms with E-state index in [0.29, 0.717) is 28.4 Å². The quantitative estimate of drug-likeness (QED) is 0.0940. The van der Waals surface area contributed by atoms with E-state index in [1.165, 1.54) is 27.5 Å². The Kier molecular flexibility index (Phi) is 10.5. The second-order valence-electron chi connectivity index (χ2n) is 13.2. The van der Waals surface area contributed by atoms with Gasteiger partial charge >= 0.3 is 27.1 Å². The van der Waals surface area contributed by atoms with Crippen molar-refractivity contribution in [1.82, 2.24) is 14.1 Å². The third kappa shape index (κ3) is 8.36. The Bertz CT molecular complexity index is 2590. The monoisotopic (exact) mass is 878 g/mol. The SMILES string of the molecule is C.C=CN=C/C=C/C(C)C.[2H]c1c([2H])c([2H])c([N+]2=C=[N+](c3[c-]c(C(F)(F)c4[c-]c5[nH]c6ccccc6c5cc4)cc(C(C)(C)C)c3)c3ccccc32)c([2H])c1[2H].[Pt+2]. The van der Waals surface area contributed by atoms with Crippen LogP contribution in [0.1, 0.15) is 65.6 Å². The van der Waals surface area contributed by atoms with Crippen LogP contribution in [0.4, 0.5) is 31.5 Å². The largest absolute Gasteiger partial charge is 2.00 e. The van der Waals surface area contributed by atoms with E-state index in [2.05, 4.69) is 54.6 Å². The first kappa shape index (κ1) is 32.9. The van der Waals surface area contributed by atoms with Crippen LogP contribution in [0.25, 0.3) is 21.8 Å². The van der Waals surface area contributed by atoms with E-state index in [9.17, 15) is 0 Å². The molecule has 5 aromatic carbocycles. The Hall–Kier alpha value is -5.02. The Morgan fingerprint density at radius 1 is 0.885 bits per heavy atom. The van der Waals surface area contributed by atoms with Gasteiger partial charge in [0.05, 0.1) is 6.85 Å². The van der Waals surface area contributed by atoms with Crippen LogP contribution in [0.15, 0.2) is 133 Å². The summed E-state index contributed by atoms with van der Waals surface area (Å²) in [6.45, 7) is 13.5. The normalized spacial score (nSPS) is 14.0. The number of benzene rings is 5. The Morgan fingerprint density at radius 3 is 2.23 bits per heavy atom. The van der Waals surface area contributed by atoms with Gasteiger partial charge in [-0.05, 0) is 33.4 Å². The molecule has 4 nitrogen and oxygen atoms in total.